The molecule has 0 saturated carbocycles. The average Bonchev–Trinajstić information content (AvgIpc) is 2.65. The minimum Gasteiger partial charge on any atom is -0.491 e. The maximum atomic E-state index is 13.8. The number of anilines is 1. The smallest absolute Gasteiger partial charge is 0.143 e. The molecule has 1 heterocycles. The zero-order chi connectivity index (χ0) is 18.5. The number of hydrogen-bond acceptors (Lipinski definition) is 4. The molecule has 0 radical (unpaired) electrons. The molecule has 4 nitrogen and oxygen atoms in total. The SMILES string of the molecule is N#Cc1c(F)cccc1N1CCN(CCOc2cc(Cl)ccc2Cl)CC1. The monoisotopic (exact) mass is 393 g/mol. The van der Waals surface area contributed by atoms with Gasteiger partial charge in [0.15, 0.2) is 0 Å². The largest absolute Gasteiger partial charge is 0.491 e. The van der Waals surface area contributed by atoms with Crippen LogP contribution in [0, 0.1) is 17.1 Å². The molecular formula is C19H18Cl2FN3O. The van der Waals surface area contributed by atoms with Crippen molar-refractivity contribution in [3.63, 3.8) is 0 Å². The molecular weight excluding hydrogens is 376 g/mol. The highest BCUT2D eigenvalue weighted by atomic mass is 35.5. The van der Waals surface area contributed by atoms with Crippen molar-refractivity contribution in [2.45, 2.75) is 0 Å². The van der Waals surface area contributed by atoms with Crippen molar-refractivity contribution in [2.24, 2.45) is 0 Å². The summed E-state index contributed by atoms with van der Waals surface area (Å²) in [6, 6.07) is 11.8. The molecule has 0 atom stereocenters. The van der Waals surface area contributed by atoms with E-state index in [0.29, 0.717) is 28.1 Å². The molecule has 0 aliphatic carbocycles. The number of ether oxygens (including phenoxy) is 1. The summed E-state index contributed by atoms with van der Waals surface area (Å²) < 4.78 is 19.5. The van der Waals surface area contributed by atoms with Crippen LogP contribution >= 0.6 is 23.2 Å². The first-order chi connectivity index (χ1) is 12.6. The van der Waals surface area contributed by atoms with E-state index in [0.717, 1.165) is 32.7 Å². The van der Waals surface area contributed by atoms with Gasteiger partial charge in [-0.15, -0.1) is 0 Å². The molecule has 1 aliphatic rings. The van der Waals surface area contributed by atoms with Crippen LogP contribution in [0.3, 0.4) is 0 Å². The molecule has 0 amide bonds. The Kier molecular flexibility index (Phi) is 6.20. The molecule has 3 rings (SSSR count). The standard InChI is InChI=1S/C19H18Cl2FN3O/c20-14-4-5-16(21)19(12-14)26-11-10-24-6-8-25(9-7-24)18-3-1-2-17(22)15(18)13-23/h1-5,12H,6-11H2. The summed E-state index contributed by atoms with van der Waals surface area (Å²) in [4.78, 5) is 4.31. The zero-order valence-corrected chi connectivity index (χ0v) is 15.6. The van der Waals surface area contributed by atoms with E-state index in [1.807, 2.05) is 11.0 Å². The third-order valence-electron chi connectivity index (χ3n) is 4.37. The second-order valence-electron chi connectivity index (χ2n) is 6.00. The maximum Gasteiger partial charge on any atom is 0.143 e. The third-order valence-corrected chi connectivity index (χ3v) is 4.92. The molecule has 0 N–H and O–H groups in total. The van der Waals surface area contributed by atoms with E-state index in [2.05, 4.69) is 4.90 Å². The Bertz CT molecular complexity index is 817. The van der Waals surface area contributed by atoms with Gasteiger partial charge in [0, 0.05) is 43.8 Å². The van der Waals surface area contributed by atoms with E-state index >= 15 is 0 Å². The first-order valence-electron chi connectivity index (χ1n) is 8.32. The quantitative estimate of drug-likeness (QED) is 0.762. The van der Waals surface area contributed by atoms with Crippen molar-refractivity contribution in [1.29, 1.82) is 5.26 Å². The van der Waals surface area contributed by atoms with Crippen LogP contribution in [0.1, 0.15) is 5.56 Å². The van der Waals surface area contributed by atoms with E-state index in [9.17, 15) is 9.65 Å². The Morgan fingerprint density at radius 2 is 1.88 bits per heavy atom. The number of nitrogens with zero attached hydrogens (tertiary/aromatic N) is 3. The Balaban J connectivity index is 1.51. The van der Waals surface area contributed by atoms with E-state index in [4.69, 9.17) is 27.9 Å². The Labute approximate surface area is 162 Å². The predicted octanol–water partition coefficient (Wildman–Crippen LogP) is 4.21. The summed E-state index contributed by atoms with van der Waals surface area (Å²) in [5.74, 6) is 0.107. The van der Waals surface area contributed by atoms with Crippen LogP contribution < -0.4 is 9.64 Å². The van der Waals surface area contributed by atoms with Gasteiger partial charge in [0.1, 0.15) is 29.8 Å². The highest BCUT2D eigenvalue weighted by Gasteiger charge is 2.20. The number of rotatable bonds is 5. The zero-order valence-electron chi connectivity index (χ0n) is 14.1. The molecule has 0 unspecified atom stereocenters. The molecule has 1 aliphatic heterocycles. The van der Waals surface area contributed by atoms with E-state index in [1.54, 1.807) is 30.3 Å². The molecule has 0 spiro atoms. The fraction of sp³-hybridized carbons (Fsp3) is 0.316. The highest BCUT2D eigenvalue weighted by Crippen LogP contribution is 2.28. The van der Waals surface area contributed by atoms with Gasteiger partial charge in [0.25, 0.3) is 0 Å². The van der Waals surface area contributed by atoms with Gasteiger partial charge in [0.2, 0.25) is 0 Å². The number of hydrogen-bond donors (Lipinski definition) is 0. The molecule has 0 bridgehead atoms. The first kappa shape index (κ1) is 18.8. The van der Waals surface area contributed by atoms with Crippen LogP contribution in [-0.4, -0.2) is 44.2 Å². The molecule has 1 fully saturated rings. The summed E-state index contributed by atoms with van der Waals surface area (Å²) >= 11 is 12.0. The van der Waals surface area contributed by atoms with Crippen LogP contribution in [0.25, 0.3) is 0 Å². The predicted molar refractivity (Wildman–Crippen MR) is 102 cm³/mol. The van der Waals surface area contributed by atoms with Crippen molar-refractivity contribution >= 4 is 28.9 Å². The van der Waals surface area contributed by atoms with E-state index < -0.39 is 5.82 Å². The normalized spacial score (nSPS) is 14.9. The van der Waals surface area contributed by atoms with Crippen molar-refractivity contribution in [3.05, 3.63) is 57.8 Å². The summed E-state index contributed by atoms with van der Waals surface area (Å²) in [6.45, 7) is 4.35. The first-order valence-corrected chi connectivity index (χ1v) is 9.08. The van der Waals surface area contributed by atoms with Gasteiger partial charge in [-0.2, -0.15) is 5.26 Å². The number of nitriles is 1. The van der Waals surface area contributed by atoms with Gasteiger partial charge in [-0.3, -0.25) is 4.90 Å². The van der Waals surface area contributed by atoms with Gasteiger partial charge in [-0.1, -0.05) is 29.3 Å². The molecule has 1 saturated heterocycles. The van der Waals surface area contributed by atoms with Gasteiger partial charge < -0.3 is 9.64 Å². The summed E-state index contributed by atoms with van der Waals surface area (Å²) in [5, 5.41) is 10.3. The third kappa shape index (κ3) is 4.39. The van der Waals surface area contributed by atoms with Crippen LogP contribution in [-0.2, 0) is 0 Å². The second-order valence-corrected chi connectivity index (χ2v) is 6.84. The van der Waals surface area contributed by atoms with E-state index in [-0.39, 0.29) is 5.56 Å². The van der Waals surface area contributed by atoms with E-state index in [1.165, 1.54) is 6.07 Å². The van der Waals surface area contributed by atoms with Gasteiger partial charge in [0.05, 0.1) is 10.7 Å². The molecule has 2 aromatic rings. The Morgan fingerprint density at radius 3 is 2.62 bits per heavy atom. The lowest BCUT2D eigenvalue weighted by Crippen LogP contribution is -2.47. The lowest BCUT2D eigenvalue weighted by molar-refractivity contribution is 0.200. The van der Waals surface area contributed by atoms with Crippen LogP contribution in [0.2, 0.25) is 10.0 Å². The minimum atomic E-state index is -0.473. The van der Waals surface area contributed by atoms with Gasteiger partial charge in [-0.05, 0) is 24.3 Å². The van der Waals surface area contributed by atoms with Crippen LogP contribution in [0.4, 0.5) is 10.1 Å². The Morgan fingerprint density at radius 1 is 1.12 bits per heavy atom. The molecule has 2 aromatic carbocycles. The molecule has 26 heavy (non-hydrogen) atoms. The van der Waals surface area contributed by atoms with Crippen molar-refractivity contribution < 1.29 is 9.13 Å². The maximum absolute atomic E-state index is 13.8. The minimum absolute atomic E-state index is 0.111. The summed E-state index contributed by atoms with van der Waals surface area (Å²) in [6.07, 6.45) is 0. The van der Waals surface area contributed by atoms with Crippen LogP contribution in [0.5, 0.6) is 5.75 Å². The number of halogens is 3. The second kappa shape index (κ2) is 8.59. The Hall–Kier alpha value is -2.00. The van der Waals surface area contributed by atoms with Crippen molar-refractivity contribution in [1.82, 2.24) is 4.90 Å². The fourth-order valence-corrected chi connectivity index (χ4v) is 3.31. The summed E-state index contributed by atoms with van der Waals surface area (Å²) in [5.41, 5.74) is 0.772. The molecule has 7 heteroatoms. The lowest BCUT2D eigenvalue weighted by Gasteiger charge is -2.36. The molecule has 136 valence electrons. The van der Waals surface area contributed by atoms with Gasteiger partial charge in [-0.25, -0.2) is 4.39 Å². The fourth-order valence-electron chi connectivity index (χ4n) is 2.97. The van der Waals surface area contributed by atoms with Crippen LogP contribution in [0.15, 0.2) is 36.4 Å². The topological polar surface area (TPSA) is 39.5 Å². The summed E-state index contributed by atoms with van der Waals surface area (Å²) in [7, 11) is 0. The number of benzene rings is 2. The average molecular weight is 394 g/mol. The number of piperazine rings is 1. The van der Waals surface area contributed by atoms with Crippen molar-refractivity contribution in [2.75, 3.05) is 44.2 Å². The van der Waals surface area contributed by atoms with Crippen molar-refractivity contribution in [3.8, 4) is 11.8 Å². The highest BCUT2D eigenvalue weighted by molar-refractivity contribution is 6.34. The molecule has 0 aromatic heterocycles. The lowest BCUT2D eigenvalue weighted by atomic mass is 10.1. The van der Waals surface area contributed by atoms with Gasteiger partial charge >= 0.3 is 0 Å².